The van der Waals surface area contributed by atoms with Gasteiger partial charge in [-0.05, 0) is 62.2 Å². The first kappa shape index (κ1) is 26.0. The monoisotopic (exact) mass is 550 g/mol. The molecule has 0 aliphatic carbocycles. The van der Waals surface area contributed by atoms with Crippen molar-refractivity contribution in [2.75, 3.05) is 29.8 Å². The van der Waals surface area contributed by atoms with Gasteiger partial charge in [-0.15, -0.1) is 0 Å². The molecule has 3 aromatic rings. The van der Waals surface area contributed by atoms with Crippen LogP contribution < -0.4 is 14.4 Å². The Morgan fingerprint density at radius 3 is 2.44 bits per heavy atom. The Kier molecular flexibility index (Phi) is 7.31. The number of hydrogen-bond donors (Lipinski definition) is 2. The van der Waals surface area contributed by atoms with Crippen molar-refractivity contribution in [3.63, 3.8) is 0 Å². The normalized spacial score (nSPS) is 15.4. The molecular formula is C24H24Cl2N4O5S. The number of aromatic nitrogens is 2. The van der Waals surface area contributed by atoms with Gasteiger partial charge in [-0.1, -0.05) is 29.3 Å². The van der Waals surface area contributed by atoms with Crippen molar-refractivity contribution in [2.45, 2.75) is 24.8 Å². The second-order valence-corrected chi connectivity index (χ2v) is 11.1. The lowest BCUT2D eigenvalue weighted by atomic mass is 9.80. The maximum Gasteiger partial charge on any atom is 0.309 e. The summed E-state index contributed by atoms with van der Waals surface area (Å²) in [5.74, 6) is 0.204. The van der Waals surface area contributed by atoms with E-state index in [0.717, 1.165) is 0 Å². The van der Waals surface area contributed by atoms with Crippen molar-refractivity contribution in [3.05, 3.63) is 58.6 Å². The van der Waals surface area contributed by atoms with E-state index in [4.69, 9.17) is 27.9 Å². The van der Waals surface area contributed by atoms with Gasteiger partial charge in [0, 0.05) is 18.7 Å². The first-order valence-electron chi connectivity index (χ1n) is 11.0. The fraction of sp³-hybridized carbons (Fsp3) is 0.292. The smallest absolute Gasteiger partial charge is 0.309 e. The van der Waals surface area contributed by atoms with Gasteiger partial charge in [-0.2, -0.15) is 8.42 Å². The van der Waals surface area contributed by atoms with Gasteiger partial charge >= 0.3 is 5.97 Å². The number of rotatable bonds is 7. The average Bonchev–Trinajstić information content (AvgIpc) is 2.86. The van der Waals surface area contributed by atoms with E-state index < -0.39 is 21.4 Å². The largest absolute Gasteiger partial charge is 0.497 e. The standard InChI is InChI=1S/C24H24Cl2N4O5S/c1-24(23(31)32)10-12-30(13-11-24)20-4-3-5-21(28-20)36(33,34)29-19-9-8-18(26)22(27-19)16-14-15(35-2)6-7-17(16)25/h3-9,14H,10-13H2,1-2H3,(H,27,29)(H,31,32). The van der Waals surface area contributed by atoms with E-state index in [2.05, 4.69) is 14.7 Å². The van der Waals surface area contributed by atoms with Crippen molar-refractivity contribution in [1.82, 2.24) is 9.97 Å². The number of hydrogen-bond acceptors (Lipinski definition) is 7. The van der Waals surface area contributed by atoms with Crippen LogP contribution in [0.3, 0.4) is 0 Å². The molecule has 4 rings (SSSR count). The number of carbonyl (C=O) groups is 1. The number of carboxylic acids is 1. The summed E-state index contributed by atoms with van der Waals surface area (Å²) in [6.45, 7) is 2.63. The molecule has 3 heterocycles. The van der Waals surface area contributed by atoms with E-state index >= 15 is 0 Å². The summed E-state index contributed by atoms with van der Waals surface area (Å²) in [4.78, 5) is 22.1. The number of anilines is 2. The Hall–Kier alpha value is -3.08. The lowest BCUT2D eigenvalue weighted by Crippen LogP contribution is -2.43. The van der Waals surface area contributed by atoms with E-state index in [1.807, 2.05) is 4.90 Å². The summed E-state index contributed by atoms with van der Waals surface area (Å²) in [7, 11) is -2.57. The van der Waals surface area contributed by atoms with Crippen molar-refractivity contribution >= 4 is 50.8 Å². The maximum absolute atomic E-state index is 13.1. The highest BCUT2D eigenvalue weighted by Gasteiger charge is 2.37. The Morgan fingerprint density at radius 1 is 1.08 bits per heavy atom. The first-order chi connectivity index (χ1) is 17.0. The molecule has 0 spiro atoms. The third-order valence-electron chi connectivity index (χ3n) is 6.21. The van der Waals surface area contributed by atoms with Crippen LogP contribution >= 0.6 is 23.2 Å². The van der Waals surface area contributed by atoms with Gasteiger partial charge in [0.2, 0.25) is 0 Å². The molecule has 2 aromatic heterocycles. The zero-order valence-corrected chi connectivity index (χ0v) is 21.9. The van der Waals surface area contributed by atoms with Gasteiger partial charge in [0.15, 0.2) is 5.03 Å². The average molecular weight is 551 g/mol. The zero-order valence-electron chi connectivity index (χ0n) is 19.5. The number of halogens is 2. The summed E-state index contributed by atoms with van der Waals surface area (Å²) >= 11 is 12.7. The number of nitrogens with zero attached hydrogens (tertiary/aromatic N) is 3. The number of aliphatic carboxylic acids is 1. The molecule has 190 valence electrons. The van der Waals surface area contributed by atoms with Crippen molar-refractivity contribution in [3.8, 4) is 17.0 Å². The summed E-state index contributed by atoms with van der Waals surface area (Å²) in [6.07, 6.45) is 0.868. The summed E-state index contributed by atoms with van der Waals surface area (Å²) in [5, 5.41) is 9.92. The summed E-state index contributed by atoms with van der Waals surface area (Å²) < 4.78 is 34.0. The van der Waals surface area contributed by atoms with Crippen molar-refractivity contribution in [1.29, 1.82) is 0 Å². The van der Waals surface area contributed by atoms with Crippen LogP contribution in [-0.4, -0.2) is 49.7 Å². The fourth-order valence-electron chi connectivity index (χ4n) is 3.86. The fourth-order valence-corrected chi connectivity index (χ4v) is 5.24. The van der Waals surface area contributed by atoms with Gasteiger partial charge in [-0.3, -0.25) is 9.52 Å². The van der Waals surface area contributed by atoms with E-state index in [1.165, 1.54) is 25.3 Å². The van der Waals surface area contributed by atoms with E-state index in [-0.39, 0.29) is 21.6 Å². The molecule has 36 heavy (non-hydrogen) atoms. The number of sulfonamides is 1. The molecule has 1 aromatic carbocycles. The number of carboxylic acid groups (broad SMARTS) is 1. The Labute approximate surface area is 219 Å². The number of ether oxygens (including phenoxy) is 1. The second-order valence-electron chi connectivity index (χ2n) is 8.67. The molecule has 2 N–H and O–H groups in total. The third kappa shape index (κ3) is 5.35. The number of benzene rings is 1. The second kappa shape index (κ2) is 10.1. The lowest BCUT2D eigenvalue weighted by molar-refractivity contribution is -0.149. The minimum Gasteiger partial charge on any atom is -0.497 e. The predicted molar refractivity (Wildman–Crippen MR) is 138 cm³/mol. The molecule has 1 aliphatic heterocycles. The van der Waals surface area contributed by atoms with Gasteiger partial charge in [0.1, 0.15) is 17.4 Å². The molecule has 1 aliphatic rings. The Morgan fingerprint density at radius 2 is 1.78 bits per heavy atom. The molecule has 9 nitrogen and oxygen atoms in total. The van der Waals surface area contributed by atoms with Crippen LogP contribution in [0.15, 0.2) is 53.6 Å². The van der Waals surface area contributed by atoms with Crippen LogP contribution in [0, 0.1) is 5.41 Å². The molecule has 0 bridgehead atoms. The molecular weight excluding hydrogens is 527 g/mol. The quantitative estimate of drug-likeness (QED) is 0.423. The highest BCUT2D eigenvalue weighted by molar-refractivity contribution is 7.92. The zero-order chi connectivity index (χ0) is 26.1. The van der Waals surface area contributed by atoms with Crippen molar-refractivity contribution in [2.24, 2.45) is 5.41 Å². The molecule has 0 radical (unpaired) electrons. The summed E-state index contributed by atoms with van der Waals surface area (Å²) in [5.41, 5.74) is -0.0244. The van der Waals surface area contributed by atoms with E-state index in [0.29, 0.717) is 48.1 Å². The Bertz CT molecular complexity index is 1410. The van der Waals surface area contributed by atoms with Crippen LogP contribution in [0.25, 0.3) is 11.3 Å². The highest BCUT2D eigenvalue weighted by atomic mass is 35.5. The Balaban J connectivity index is 1.58. The van der Waals surface area contributed by atoms with Gasteiger partial charge in [0.25, 0.3) is 10.0 Å². The topological polar surface area (TPSA) is 122 Å². The van der Waals surface area contributed by atoms with Crippen LogP contribution in [-0.2, 0) is 14.8 Å². The van der Waals surface area contributed by atoms with Crippen molar-refractivity contribution < 1.29 is 23.1 Å². The predicted octanol–water partition coefficient (Wildman–Crippen LogP) is 4.95. The minimum absolute atomic E-state index is 0.0377. The van der Waals surface area contributed by atoms with E-state index in [9.17, 15) is 18.3 Å². The molecule has 12 heteroatoms. The van der Waals surface area contributed by atoms with Crippen LogP contribution in [0.5, 0.6) is 5.75 Å². The van der Waals surface area contributed by atoms with Crippen LogP contribution in [0.2, 0.25) is 10.0 Å². The minimum atomic E-state index is -4.09. The molecule has 0 saturated carbocycles. The van der Waals surface area contributed by atoms with E-state index in [1.54, 1.807) is 37.3 Å². The van der Waals surface area contributed by atoms with Gasteiger partial charge in [0.05, 0.1) is 28.3 Å². The number of piperidine rings is 1. The number of methoxy groups -OCH3 is 1. The lowest BCUT2D eigenvalue weighted by Gasteiger charge is -2.37. The number of pyridine rings is 2. The molecule has 1 saturated heterocycles. The van der Waals surface area contributed by atoms with Crippen LogP contribution in [0.4, 0.5) is 11.6 Å². The SMILES string of the molecule is COc1ccc(Cl)c(-c2nc(NS(=O)(=O)c3cccc(N4CCC(C)(C(=O)O)CC4)n3)ccc2Cl)c1. The van der Waals surface area contributed by atoms with Crippen LogP contribution in [0.1, 0.15) is 19.8 Å². The first-order valence-corrected chi connectivity index (χ1v) is 13.2. The van der Waals surface area contributed by atoms with Gasteiger partial charge < -0.3 is 14.7 Å². The molecule has 0 atom stereocenters. The maximum atomic E-state index is 13.1. The third-order valence-corrected chi connectivity index (χ3v) is 8.10. The summed E-state index contributed by atoms with van der Waals surface area (Å²) in [6, 6.07) is 12.6. The number of nitrogens with one attached hydrogen (secondary N) is 1. The van der Waals surface area contributed by atoms with Gasteiger partial charge in [-0.25, -0.2) is 9.97 Å². The molecule has 0 amide bonds. The highest BCUT2D eigenvalue weighted by Crippen LogP contribution is 2.36. The molecule has 1 fully saturated rings. The molecule has 0 unspecified atom stereocenters.